The summed E-state index contributed by atoms with van der Waals surface area (Å²) < 4.78 is 70.1. The van der Waals surface area contributed by atoms with E-state index in [-0.39, 0.29) is 55.7 Å². The Balaban J connectivity index is 0.00000115. The summed E-state index contributed by atoms with van der Waals surface area (Å²) in [6.07, 6.45) is 2.21. The van der Waals surface area contributed by atoms with Crippen LogP contribution in [0.5, 0.6) is 0 Å². The Bertz CT molecular complexity index is 1200. The van der Waals surface area contributed by atoms with Gasteiger partial charge in [0, 0.05) is 38.2 Å². The first-order chi connectivity index (χ1) is 16.9. The van der Waals surface area contributed by atoms with E-state index in [4.69, 9.17) is 20.2 Å². The topological polar surface area (TPSA) is 160 Å². The number of carbonyl (C=O) groups is 2. The third-order valence-corrected chi connectivity index (χ3v) is 7.24. The van der Waals surface area contributed by atoms with E-state index in [9.17, 15) is 26.4 Å². The van der Waals surface area contributed by atoms with E-state index in [0.717, 1.165) is 12.3 Å². The van der Waals surface area contributed by atoms with Gasteiger partial charge in [-0.1, -0.05) is 5.16 Å². The van der Waals surface area contributed by atoms with Crippen LogP contribution in [0.1, 0.15) is 48.5 Å². The molecule has 36 heavy (non-hydrogen) atoms. The summed E-state index contributed by atoms with van der Waals surface area (Å²) in [5, 5.41) is 10.8. The fourth-order valence-corrected chi connectivity index (χ4v) is 5.06. The van der Waals surface area contributed by atoms with E-state index < -0.39 is 39.6 Å². The molecule has 0 aliphatic carbocycles. The van der Waals surface area contributed by atoms with Gasteiger partial charge in [-0.05, 0) is 30.9 Å². The number of aromatic nitrogens is 2. The molecule has 15 heteroatoms. The van der Waals surface area contributed by atoms with Gasteiger partial charge in [0.15, 0.2) is 17.5 Å². The first-order valence-electron chi connectivity index (χ1n) is 11.0. The van der Waals surface area contributed by atoms with E-state index in [2.05, 4.69) is 10.1 Å². The number of rotatable bonds is 7. The first-order valence-corrected chi connectivity index (χ1v) is 12.8. The molecule has 4 rings (SSSR count). The van der Waals surface area contributed by atoms with Crippen LogP contribution in [0.2, 0.25) is 0 Å². The third-order valence-electron chi connectivity index (χ3n) is 6.01. The zero-order valence-corrected chi connectivity index (χ0v) is 20.1. The lowest BCUT2D eigenvalue weighted by Crippen LogP contribution is -2.48. The standard InChI is InChI=1S/C20H24F3N5O4S.CH2O2/c1-33(30,31)27-9-12(10-27)19-25-20(32-26-19)17-3-2-4-28(17)18(29)7-13(24)5-11-6-15(22)16(23)8-14(11)21;2-1-3/h6,8,12-13,17H,2-5,7,9-10,24H2,1H3;1H,(H,2,3)/t13-,17+;/m1./s1. The molecule has 2 aliphatic heterocycles. The van der Waals surface area contributed by atoms with Crippen molar-refractivity contribution in [1.82, 2.24) is 19.3 Å². The minimum atomic E-state index is -3.26. The largest absolute Gasteiger partial charge is 0.483 e. The maximum absolute atomic E-state index is 13.9. The Morgan fingerprint density at radius 2 is 1.92 bits per heavy atom. The van der Waals surface area contributed by atoms with Crippen molar-refractivity contribution in [2.75, 3.05) is 25.9 Å². The SMILES string of the molecule is CS(=O)(=O)N1CC(c2noc([C@@H]3CCCN3C(=O)C[C@H](N)Cc3cc(F)c(F)cc3F)n2)C1.O=CO. The van der Waals surface area contributed by atoms with Crippen molar-refractivity contribution in [3.63, 3.8) is 0 Å². The number of halogens is 3. The maximum Gasteiger partial charge on any atom is 0.290 e. The molecule has 2 aliphatic rings. The molecular formula is C21H26F3N5O6S. The van der Waals surface area contributed by atoms with E-state index in [1.54, 1.807) is 4.90 Å². The Morgan fingerprint density at radius 3 is 2.56 bits per heavy atom. The molecule has 198 valence electrons. The van der Waals surface area contributed by atoms with Gasteiger partial charge in [0.05, 0.1) is 12.2 Å². The Kier molecular flexibility index (Phi) is 8.68. The van der Waals surface area contributed by atoms with Crippen LogP contribution in [0.15, 0.2) is 16.7 Å². The van der Waals surface area contributed by atoms with Crippen LogP contribution in [0.3, 0.4) is 0 Å². The lowest BCUT2D eigenvalue weighted by atomic mass is 10.0. The van der Waals surface area contributed by atoms with Crippen LogP contribution >= 0.6 is 0 Å². The van der Waals surface area contributed by atoms with Gasteiger partial charge in [-0.25, -0.2) is 25.9 Å². The number of likely N-dealkylation sites (tertiary alicyclic amines) is 1. The molecule has 3 N–H and O–H groups in total. The van der Waals surface area contributed by atoms with Crippen LogP contribution in [0, 0.1) is 17.5 Å². The van der Waals surface area contributed by atoms with Crippen molar-refractivity contribution in [1.29, 1.82) is 0 Å². The fraction of sp³-hybridized carbons (Fsp3) is 0.524. The molecule has 0 radical (unpaired) electrons. The quantitative estimate of drug-likeness (QED) is 0.393. The van der Waals surface area contributed by atoms with Gasteiger partial charge in [0.25, 0.3) is 6.47 Å². The molecule has 2 fully saturated rings. The zero-order chi connectivity index (χ0) is 26.6. The minimum absolute atomic E-state index is 0.0997. The van der Waals surface area contributed by atoms with Gasteiger partial charge in [0.2, 0.25) is 21.8 Å². The average Bonchev–Trinajstić information content (AvgIpc) is 3.40. The Labute approximate surface area is 205 Å². The molecule has 11 nitrogen and oxygen atoms in total. The smallest absolute Gasteiger partial charge is 0.290 e. The first kappa shape index (κ1) is 27.5. The monoisotopic (exact) mass is 533 g/mol. The van der Waals surface area contributed by atoms with Gasteiger partial charge < -0.3 is 20.3 Å². The van der Waals surface area contributed by atoms with Crippen molar-refractivity contribution in [2.24, 2.45) is 5.73 Å². The van der Waals surface area contributed by atoms with Gasteiger partial charge in [0.1, 0.15) is 11.9 Å². The number of carboxylic acid groups (broad SMARTS) is 1. The number of nitrogens with zero attached hydrogens (tertiary/aromatic N) is 4. The number of benzene rings is 1. The lowest BCUT2D eigenvalue weighted by Gasteiger charge is -2.35. The highest BCUT2D eigenvalue weighted by atomic mass is 32.2. The molecule has 2 saturated heterocycles. The highest BCUT2D eigenvalue weighted by molar-refractivity contribution is 7.88. The van der Waals surface area contributed by atoms with Crippen LogP contribution in [0.4, 0.5) is 13.2 Å². The van der Waals surface area contributed by atoms with E-state index >= 15 is 0 Å². The maximum atomic E-state index is 13.9. The molecule has 0 saturated carbocycles. The third kappa shape index (κ3) is 6.39. The lowest BCUT2D eigenvalue weighted by molar-refractivity contribution is -0.133. The summed E-state index contributed by atoms with van der Waals surface area (Å²) in [6.45, 7) is 0.764. The minimum Gasteiger partial charge on any atom is -0.483 e. The Morgan fingerprint density at radius 1 is 1.28 bits per heavy atom. The molecule has 2 aromatic rings. The van der Waals surface area contributed by atoms with Gasteiger partial charge in [-0.15, -0.1) is 0 Å². The second-order valence-electron chi connectivity index (χ2n) is 8.64. The molecule has 0 unspecified atom stereocenters. The number of nitrogens with two attached hydrogens (primary N) is 1. The van der Waals surface area contributed by atoms with Gasteiger partial charge in [-0.2, -0.15) is 4.98 Å². The number of hydrogen-bond donors (Lipinski definition) is 2. The van der Waals surface area contributed by atoms with Crippen molar-refractivity contribution in [3.8, 4) is 0 Å². The second kappa shape index (κ2) is 11.3. The molecule has 1 amide bonds. The van der Waals surface area contributed by atoms with Crippen LogP contribution in [-0.2, 0) is 26.0 Å². The van der Waals surface area contributed by atoms with E-state index in [1.165, 1.54) is 4.31 Å². The predicted octanol–water partition coefficient (Wildman–Crippen LogP) is 1.17. The molecule has 3 heterocycles. The molecule has 2 atom stereocenters. The molecule has 1 aromatic carbocycles. The van der Waals surface area contributed by atoms with Crippen molar-refractivity contribution >= 4 is 22.4 Å². The molecule has 0 bridgehead atoms. The highest BCUT2D eigenvalue weighted by Gasteiger charge is 2.39. The van der Waals surface area contributed by atoms with Crippen molar-refractivity contribution < 1.29 is 40.8 Å². The summed E-state index contributed by atoms with van der Waals surface area (Å²) in [5.41, 5.74) is 5.90. The number of sulfonamides is 1. The predicted molar refractivity (Wildman–Crippen MR) is 118 cm³/mol. The van der Waals surface area contributed by atoms with Crippen LogP contribution < -0.4 is 5.73 Å². The molecule has 1 aromatic heterocycles. The van der Waals surface area contributed by atoms with Crippen molar-refractivity contribution in [3.05, 3.63) is 46.9 Å². The van der Waals surface area contributed by atoms with E-state index in [0.29, 0.717) is 31.3 Å². The van der Waals surface area contributed by atoms with Crippen LogP contribution in [0.25, 0.3) is 0 Å². The van der Waals surface area contributed by atoms with Crippen LogP contribution in [-0.4, -0.2) is 77.2 Å². The van der Waals surface area contributed by atoms with Gasteiger partial charge >= 0.3 is 0 Å². The summed E-state index contributed by atoms with van der Waals surface area (Å²) in [5.74, 6) is -3.17. The van der Waals surface area contributed by atoms with Gasteiger partial charge in [-0.3, -0.25) is 9.59 Å². The summed E-state index contributed by atoms with van der Waals surface area (Å²) in [4.78, 5) is 27.2. The number of carbonyl (C=O) groups excluding carboxylic acids is 1. The normalized spacial score (nSPS) is 19.4. The number of hydrogen-bond acceptors (Lipinski definition) is 8. The van der Waals surface area contributed by atoms with Crippen molar-refractivity contribution in [2.45, 2.75) is 43.7 Å². The highest BCUT2D eigenvalue weighted by Crippen LogP contribution is 2.34. The molecule has 0 spiro atoms. The Hall–Kier alpha value is -3.04. The fourth-order valence-electron chi connectivity index (χ4n) is 4.16. The second-order valence-corrected chi connectivity index (χ2v) is 10.6. The zero-order valence-electron chi connectivity index (χ0n) is 19.3. The summed E-state index contributed by atoms with van der Waals surface area (Å²) >= 11 is 0. The van der Waals surface area contributed by atoms with E-state index in [1.807, 2.05) is 0 Å². The summed E-state index contributed by atoms with van der Waals surface area (Å²) in [6, 6.07) is -0.0237. The number of amides is 1. The summed E-state index contributed by atoms with van der Waals surface area (Å²) in [7, 11) is -3.26. The molecular weight excluding hydrogens is 507 g/mol. The average molecular weight is 534 g/mol.